The van der Waals surface area contributed by atoms with Crippen LogP contribution in [0.4, 0.5) is 0 Å². The van der Waals surface area contributed by atoms with E-state index < -0.39 is 0 Å². The minimum atomic E-state index is 0.270. The predicted octanol–water partition coefficient (Wildman–Crippen LogP) is 3.40. The molecule has 1 aromatic carbocycles. The molecule has 0 N–H and O–H groups in total. The van der Waals surface area contributed by atoms with Crippen molar-refractivity contribution in [3.8, 4) is 5.75 Å². The molecule has 2 rings (SSSR count). The van der Waals surface area contributed by atoms with Crippen LogP contribution < -0.4 is 4.74 Å². The van der Waals surface area contributed by atoms with E-state index in [0.29, 0.717) is 11.6 Å². The molecular formula is C13H16ClN3O. The van der Waals surface area contributed by atoms with E-state index in [0.717, 1.165) is 17.1 Å². The van der Waals surface area contributed by atoms with Crippen molar-refractivity contribution in [3.05, 3.63) is 40.9 Å². The van der Waals surface area contributed by atoms with Gasteiger partial charge in [-0.25, -0.2) is 9.67 Å². The van der Waals surface area contributed by atoms with Gasteiger partial charge in [0, 0.05) is 11.1 Å². The van der Waals surface area contributed by atoms with Crippen molar-refractivity contribution in [3.63, 3.8) is 0 Å². The van der Waals surface area contributed by atoms with Gasteiger partial charge in [-0.1, -0.05) is 17.7 Å². The zero-order valence-electron chi connectivity index (χ0n) is 10.7. The summed E-state index contributed by atoms with van der Waals surface area (Å²) in [7, 11) is 0. The molecule has 5 heteroatoms. The normalized spacial score (nSPS) is 10.9. The molecule has 96 valence electrons. The second-order valence-electron chi connectivity index (χ2n) is 4.41. The first kappa shape index (κ1) is 12.9. The van der Waals surface area contributed by atoms with Crippen LogP contribution in [0.2, 0.25) is 5.02 Å². The Bertz CT molecular complexity index is 537. The van der Waals surface area contributed by atoms with Gasteiger partial charge in [0.2, 0.25) is 0 Å². The van der Waals surface area contributed by atoms with Crippen LogP contribution in [-0.2, 0) is 6.61 Å². The van der Waals surface area contributed by atoms with Gasteiger partial charge in [-0.05, 0) is 38.5 Å². The van der Waals surface area contributed by atoms with E-state index in [9.17, 15) is 0 Å². The van der Waals surface area contributed by atoms with Crippen LogP contribution in [0, 0.1) is 6.92 Å². The zero-order chi connectivity index (χ0) is 13.1. The molecule has 18 heavy (non-hydrogen) atoms. The third-order valence-electron chi connectivity index (χ3n) is 2.64. The fraction of sp³-hybridized carbons (Fsp3) is 0.385. The molecule has 0 atom stereocenters. The Morgan fingerprint density at radius 1 is 1.39 bits per heavy atom. The minimum Gasteiger partial charge on any atom is -0.485 e. The minimum absolute atomic E-state index is 0.270. The average Bonchev–Trinajstić information content (AvgIpc) is 2.79. The van der Waals surface area contributed by atoms with Gasteiger partial charge in [0.1, 0.15) is 18.7 Å². The number of aromatic nitrogens is 3. The highest BCUT2D eigenvalue weighted by molar-refractivity contribution is 6.30. The van der Waals surface area contributed by atoms with E-state index in [2.05, 4.69) is 23.9 Å². The summed E-state index contributed by atoms with van der Waals surface area (Å²) < 4.78 is 7.59. The Morgan fingerprint density at radius 2 is 2.17 bits per heavy atom. The molecule has 0 spiro atoms. The van der Waals surface area contributed by atoms with Crippen molar-refractivity contribution in [2.24, 2.45) is 0 Å². The molecule has 2 aromatic rings. The largest absolute Gasteiger partial charge is 0.485 e. The van der Waals surface area contributed by atoms with Gasteiger partial charge >= 0.3 is 0 Å². The van der Waals surface area contributed by atoms with Gasteiger partial charge in [0.05, 0.1) is 0 Å². The van der Waals surface area contributed by atoms with E-state index in [1.165, 1.54) is 0 Å². The van der Waals surface area contributed by atoms with E-state index in [-0.39, 0.29) is 6.04 Å². The molecule has 4 nitrogen and oxygen atoms in total. The number of aryl methyl sites for hydroxylation is 1. The first-order chi connectivity index (χ1) is 8.58. The summed E-state index contributed by atoms with van der Waals surface area (Å²) in [5, 5.41) is 4.83. The Hall–Kier alpha value is -1.55. The second-order valence-corrected chi connectivity index (χ2v) is 4.85. The molecule has 0 saturated heterocycles. The third kappa shape index (κ3) is 2.82. The molecule has 0 unspecified atom stereocenters. The summed E-state index contributed by atoms with van der Waals surface area (Å²) in [6, 6.07) is 5.87. The Labute approximate surface area is 112 Å². The van der Waals surface area contributed by atoms with Crippen molar-refractivity contribution in [2.75, 3.05) is 0 Å². The second kappa shape index (κ2) is 5.40. The number of hydrogen-bond donors (Lipinski definition) is 0. The fourth-order valence-electron chi connectivity index (χ4n) is 1.68. The molecule has 0 bridgehead atoms. The lowest BCUT2D eigenvalue weighted by Gasteiger charge is -2.12. The number of ether oxygens (including phenoxy) is 1. The molecule has 1 aromatic heterocycles. The summed E-state index contributed by atoms with van der Waals surface area (Å²) in [4.78, 5) is 4.20. The van der Waals surface area contributed by atoms with Gasteiger partial charge in [-0.2, -0.15) is 5.10 Å². The summed E-state index contributed by atoms with van der Waals surface area (Å²) in [5.41, 5.74) is 1.05. The van der Waals surface area contributed by atoms with E-state index in [4.69, 9.17) is 16.3 Å². The molecular weight excluding hydrogens is 250 g/mol. The molecule has 1 heterocycles. The van der Waals surface area contributed by atoms with Crippen LogP contribution in [0.25, 0.3) is 0 Å². The maximum Gasteiger partial charge on any atom is 0.165 e. The Balaban J connectivity index is 2.11. The van der Waals surface area contributed by atoms with Crippen molar-refractivity contribution in [2.45, 2.75) is 33.4 Å². The molecule has 0 aliphatic rings. The van der Waals surface area contributed by atoms with Gasteiger partial charge < -0.3 is 4.74 Å². The maximum absolute atomic E-state index is 5.95. The van der Waals surface area contributed by atoms with Crippen molar-refractivity contribution in [1.29, 1.82) is 0 Å². The lowest BCUT2D eigenvalue weighted by Crippen LogP contribution is -2.11. The fourth-order valence-corrected chi connectivity index (χ4v) is 1.84. The topological polar surface area (TPSA) is 39.9 Å². The molecule has 0 fully saturated rings. The Kier molecular flexibility index (Phi) is 3.87. The molecule has 0 radical (unpaired) electrons. The lowest BCUT2D eigenvalue weighted by molar-refractivity contribution is 0.280. The van der Waals surface area contributed by atoms with Gasteiger partial charge in [0.25, 0.3) is 0 Å². The third-order valence-corrected chi connectivity index (χ3v) is 2.88. The van der Waals surface area contributed by atoms with Crippen LogP contribution in [0.15, 0.2) is 24.5 Å². The SMILES string of the molecule is Cc1ccc(Cl)cc1OCc1ncnn1C(C)C. The number of nitrogens with zero attached hydrogens (tertiary/aromatic N) is 3. The summed E-state index contributed by atoms with van der Waals surface area (Å²) >= 11 is 5.95. The summed E-state index contributed by atoms with van der Waals surface area (Å²) in [6.45, 7) is 6.49. The zero-order valence-corrected chi connectivity index (χ0v) is 11.5. The van der Waals surface area contributed by atoms with Crippen LogP contribution >= 0.6 is 11.6 Å². The van der Waals surface area contributed by atoms with Crippen molar-refractivity contribution >= 4 is 11.6 Å². The van der Waals surface area contributed by atoms with E-state index >= 15 is 0 Å². The van der Waals surface area contributed by atoms with Crippen LogP contribution in [0.3, 0.4) is 0 Å². The van der Waals surface area contributed by atoms with Crippen LogP contribution in [0.1, 0.15) is 31.3 Å². The first-order valence-corrected chi connectivity index (χ1v) is 6.23. The highest BCUT2D eigenvalue weighted by Gasteiger charge is 2.09. The van der Waals surface area contributed by atoms with Gasteiger partial charge in [0.15, 0.2) is 5.82 Å². The number of benzene rings is 1. The van der Waals surface area contributed by atoms with Gasteiger partial charge in [-0.3, -0.25) is 0 Å². The number of hydrogen-bond acceptors (Lipinski definition) is 3. The summed E-state index contributed by atoms with van der Waals surface area (Å²) in [6.07, 6.45) is 1.55. The standard InChI is InChI=1S/C13H16ClN3O/c1-9(2)17-13(15-8-16-17)7-18-12-6-11(14)5-4-10(12)3/h4-6,8-9H,7H2,1-3H3. The van der Waals surface area contributed by atoms with Crippen LogP contribution in [-0.4, -0.2) is 14.8 Å². The molecule has 0 saturated carbocycles. The average molecular weight is 266 g/mol. The van der Waals surface area contributed by atoms with Crippen molar-refractivity contribution < 1.29 is 4.74 Å². The van der Waals surface area contributed by atoms with Gasteiger partial charge in [-0.15, -0.1) is 0 Å². The smallest absolute Gasteiger partial charge is 0.165 e. The highest BCUT2D eigenvalue weighted by atomic mass is 35.5. The maximum atomic E-state index is 5.95. The Morgan fingerprint density at radius 3 is 2.89 bits per heavy atom. The molecule has 0 aliphatic heterocycles. The molecule has 0 aliphatic carbocycles. The van der Waals surface area contributed by atoms with E-state index in [1.807, 2.05) is 29.8 Å². The monoisotopic (exact) mass is 265 g/mol. The number of rotatable bonds is 4. The van der Waals surface area contributed by atoms with Crippen molar-refractivity contribution in [1.82, 2.24) is 14.8 Å². The highest BCUT2D eigenvalue weighted by Crippen LogP contribution is 2.23. The van der Waals surface area contributed by atoms with Crippen LogP contribution in [0.5, 0.6) is 5.75 Å². The molecule has 0 amide bonds. The van der Waals surface area contributed by atoms with E-state index in [1.54, 1.807) is 6.33 Å². The quantitative estimate of drug-likeness (QED) is 0.851. The predicted molar refractivity (Wildman–Crippen MR) is 70.9 cm³/mol. The number of halogens is 1. The lowest BCUT2D eigenvalue weighted by atomic mass is 10.2. The summed E-state index contributed by atoms with van der Waals surface area (Å²) in [5.74, 6) is 1.59. The first-order valence-electron chi connectivity index (χ1n) is 5.85.